The summed E-state index contributed by atoms with van der Waals surface area (Å²) in [5, 5.41) is 0.483. The second-order valence-corrected chi connectivity index (χ2v) is 4.94. The third-order valence-electron chi connectivity index (χ3n) is 3.50. The van der Waals surface area contributed by atoms with Gasteiger partial charge in [0, 0.05) is 11.1 Å². The Balaban J connectivity index is 1.77. The highest BCUT2D eigenvalue weighted by molar-refractivity contribution is 5.95. The molecule has 1 aromatic heterocycles. The maximum atomic E-state index is 12.0. The van der Waals surface area contributed by atoms with Crippen molar-refractivity contribution in [3.8, 4) is 11.5 Å². The molecule has 108 valence electrons. The van der Waals surface area contributed by atoms with Crippen molar-refractivity contribution in [2.75, 3.05) is 13.2 Å². The van der Waals surface area contributed by atoms with Crippen LogP contribution in [-0.2, 0) is 4.74 Å². The van der Waals surface area contributed by atoms with Crippen molar-refractivity contribution in [1.29, 1.82) is 0 Å². The molecule has 0 bridgehead atoms. The lowest BCUT2D eigenvalue weighted by Crippen LogP contribution is -2.03. The summed E-state index contributed by atoms with van der Waals surface area (Å²) in [6.07, 6.45) is 0. The third kappa shape index (κ3) is 2.16. The zero-order chi connectivity index (χ0) is 14.9. The first-order valence-corrected chi connectivity index (χ1v) is 6.99. The predicted molar refractivity (Wildman–Crippen MR) is 83.1 cm³/mol. The highest BCUT2D eigenvalue weighted by Crippen LogP contribution is 2.20. The average molecular weight is 292 g/mol. The summed E-state index contributed by atoms with van der Waals surface area (Å²) in [5.74, 6) is 0.962. The fourth-order valence-electron chi connectivity index (χ4n) is 2.41. The fraction of sp³-hybridized carbons (Fsp3) is 0.118. The molecule has 5 heteroatoms. The van der Waals surface area contributed by atoms with Crippen LogP contribution in [0.25, 0.3) is 22.4 Å². The van der Waals surface area contributed by atoms with Crippen molar-refractivity contribution in [2.45, 2.75) is 0 Å². The highest BCUT2D eigenvalue weighted by atomic mass is 16.5. The molecular formula is C17H12N2O3. The van der Waals surface area contributed by atoms with Crippen molar-refractivity contribution in [3.05, 3.63) is 64.5 Å². The van der Waals surface area contributed by atoms with Gasteiger partial charge in [-0.3, -0.25) is 0 Å². The second kappa shape index (κ2) is 5.11. The molecule has 0 fully saturated rings. The van der Waals surface area contributed by atoms with Crippen molar-refractivity contribution >= 4 is 16.8 Å². The molecule has 0 aliphatic carbocycles. The van der Waals surface area contributed by atoms with Crippen LogP contribution in [0.15, 0.2) is 62.7 Å². The molecule has 2 heterocycles. The van der Waals surface area contributed by atoms with Gasteiger partial charge in [-0.2, -0.15) is 0 Å². The third-order valence-corrected chi connectivity index (χ3v) is 3.50. The number of aromatic nitrogens is 1. The van der Waals surface area contributed by atoms with E-state index in [9.17, 15) is 4.79 Å². The Labute approximate surface area is 125 Å². The molecule has 1 aliphatic heterocycles. The largest absolute Gasteiger partial charge is 0.476 e. The summed E-state index contributed by atoms with van der Waals surface area (Å²) in [7, 11) is 0. The molecule has 4 rings (SSSR count). The Morgan fingerprint density at radius 1 is 0.955 bits per heavy atom. The van der Waals surface area contributed by atoms with E-state index in [1.54, 1.807) is 18.2 Å². The van der Waals surface area contributed by atoms with E-state index < -0.39 is 0 Å². The number of rotatable bonds is 2. The standard InChI is InChI=1S/C17H12N2O3/c20-17-13-3-1-2-4-14(13)19-16(22-17)12-7-5-11(6-8-12)15-18-9-10-21-15/h1-8H,9-10H2. The van der Waals surface area contributed by atoms with Crippen LogP contribution in [0.2, 0.25) is 0 Å². The van der Waals surface area contributed by atoms with Crippen LogP contribution >= 0.6 is 0 Å². The lowest BCUT2D eigenvalue weighted by Gasteiger charge is -2.04. The highest BCUT2D eigenvalue weighted by Gasteiger charge is 2.12. The van der Waals surface area contributed by atoms with E-state index in [0.717, 1.165) is 11.1 Å². The van der Waals surface area contributed by atoms with E-state index in [1.807, 2.05) is 30.3 Å². The monoisotopic (exact) mass is 292 g/mol. The topological polar surface area (TPSA) is 64.7 Å². The van der Waals surface area contributed by atoms with Crippen LogP contribution in [-0.4, -0.2) is 24.0 Å². The van der Waals surface area contributed by atoms with Gasteiger partial charge in [0.2, 0.25) is 11.8 Å². The fourth-order valence-corrected chi connectivity index (χ4v) is 2.41. The average Bonchev–Trinajstić information content (AvgIpc) is 3.09. The molecule has 0 amide bonds. The van der Waals surface area contributed by atoms with Gasteiger partial charge in [0.25, 0.3) is 0 Å². The number of fused-ring (bicyclic) bond motifs is 1. The van der Waals surface area contributed by atoms with Crippen molar-refractivity contribution in [2.24, 2.45) is 4.99 Å². The van der Waals surface area contributed by atoms with Gasteiger partial charge in [-0.25, -0.2) is 14.8 Å². The molecule has 0 atom stereocenters. The number of benzene rings is 2. The Morgan fingerprint density at radius 3 is 2.50 bits per heavy atom. The van der Waals surface area contributed by atoms with Crippen molar-refractivity contribution in [3.63, 3.8) is 0 Å². The van der Waals surface area contributed by atoms with E-state index in [1.165, 1.54) is 0 Å². The maximum Gasteiger partial charge on any atom is 0.347 e. The van der Waals surface area contributed by atoms with Crippen LogP contribution in [0.1, 0.15) is 5.56 Å². The van der Waals surface area contributed by atoms with E-state index in [0.29, 0.717) is 35.8 Å². The summed E-state index contributed by atoms with van der Waals surface area (Å²) < 4.78 is 10.7. The number of hydrogen-bond acceptors (Lipinski definition) is 5. The molecule has 0 saturated carbocycles. The lowest BCUT2D eigenvalue weighted by molar-refractivity contribution is 0.348. The molecule has 0 N–H and O–H groups in total. The Hall–Kier alpha value is -2.95. The molecule has 22 heavy (non-hydrogen) atoms. The minimum Gasteiger partial charge on any atom is -0.476 e. The van der Waals surface area contributed by atoms with Gasteiger partial charge in [0.1, 0.15) is 6.61 Å². The maximum absolute atomic E-state index is 12.0. The first-order chi connectivity index (χ1) is 10.8. The summed E-state index contributed by atoms with van der Waals surface area (Å²) in [5.41, 5.74) is 1.89. The Bertz CT molecular complexity index is 927. The zero-order valence-electron chi connectivity index (χ0n) is 11.7. The van der Waals surface area contributed by atoms with Crippen LogP contribution in [0.4, 0.5) is 0 Å². The van der Waals surface area contributed by atoms with E-state index in [2.05, 4.69) is 9.98 Å². The minimum absolute atomic E-state index is 0.310. The van der Waals surface area contributed by atoms with Gasteiger partial charge in [0.15, 0.2) is 0 Å². The first kappa shape index (κ1) is 12.8. The van der Waals surface area contributed by atoms with Gasteiger partial charge in [-0.05, 0) is 36.4 Å². The van der Waals surface area contributed by atoms with E-state index in [4.69, 9.17) is 9.15 Å². The molecule has 0 saturated heterocycles. The minimum atomic E-state index is -0.381. The summed E-state index contributed by atoms with van der Waals surface area (Å²) in [6, 6.07) is 14.6. The van der Waals surface area contributed by atoms with E-state index >= 15 is 0 Å². The molecule has 0 radical (unpaired) electrons. The normalized spacial score (nSPS) is 13.9. The first-order valence-electron chi connectivity index (χ1n) is 6.99. The van der Waals surface area contributed by atoms with Crippen LogP contribution in [0.3, 0.4) is 0 Å². The summed E-state index contributed by atoms with van der Waals surface area (Å²) in [6.45, 7) is 1.32. The number of ether oxygens (including phenoxy) is 1. The van der Waals surface area contributed by atoms with Crippen LogP contribution in [0, 0.1) is 0 Å². The molecular weight excluding hydrogens is 280 g/mol. The Morgan fingerprint density at radius 2 is 1.73 bits per heavy atom. The molecule has 2 aromatic carbocycles. The number of aliphatic imine (C=N–C) groups is 1. The van der Waals surface area contributed by atoms with Crippen molar-refractivity contribution in [1.82, 2.24) is 4.98 Å². The van der Waals surface area contributed by atoms with Crippen LogP contribution < -0.4 is 5.63 Å². The second-order valence-electron chi connectivity index (χ2n) is 4.94. The number of para-hydroxylation sites is 1. The summed E-state index contributed by atoms with van der Waals surface area (Å²) >= 11 is 0. The lowest BCUT2D eigenvalue weighted by atomic mass is 10.1. The molecule has 1 aliphatic rings. The van der Waals surface area contributed by atoms with Gasteiger partial charge < -0.3 is 9.15 Å². The molecule has 5 nitrogen and oxygen atoms in total. The van der Waals surface area contributed by atoms with Crippen LogP contribution in [0.5, 0.6) is 0 Å². The van der Waals surface area contributed by atoms with Gasteiger partial charge in [-0.1, -0.05) is 12.1 Å². The molecule has 0 spiro atoms. The SMILES string of the molecule is O=c1oc(-c2ccc(C3=NCCO3)cc2)nc2ccccc12. The van der Waals surface area contributed by atoms with Gasteiger partial charge in [-0.15, -0.1) is 0 Å². The molecule has 3 aromatic rings. The number of nitrogens with zero attached hydrogens (tertiary/aromatic N) is 2. The molecule has 0 unspecified atom stereocenters. The number of hydrogen-bond donors (Lipinski definition) is 0. The Kier molecular flexibility index (Phi) is 2.96. The van der Waals surface area contributed by atoms with E-state index in [-0.39, 0.29) is 5.63 Å². The van der Waals surface area contributed by atoms with Gasteiger partial charge in [0.05, 0.1) is 17.4 Å². The van der Waals surface area contributed by atoms with Gasteiger partial charge >= 0.3 is 5.63 Å². The predicted octanol–water partition coefficient (Wildman–Crippen LogP) is 2.63. The quantitative estimate of drug-likeness (QED) is 0.728. The van der Waals surface area contributed by atoms with Crippen molar-refractivity contribution < 1.29 is 9.15 Å². The summed E-state index contributed by atoms with van der Waals surface area (Å²) in [4.78, 5) is 20.7. The smallest absolute Gasteiger partial charge is 0.347 e. The zero-order valence-corrected chi connectivity index (χ0v) is 11.7.